The fourth-order valence-electron chi connectivity index (χ4n) is 6.19. The zero-order valence-electron chi connectivity index (χ0n) is 25.5. The first-order valence-electron chi connectivity index (χ1n) is 14.1. The Balaban J connectivity index is 1.92. The largest absolute Gasteiger partial charge is 0.496 e. The van der Waals surface area contributed by atoms with E-state index in [9.17, 15) is 14.9 Å². The Kier molecular flexibility index (Phi) is 9.75. The van der Waals surface area contributed by atoms with Gasteiger partial charge in [-0.2, -0.15) is 5.26 Å². The second-order valence-corrected chi connectivity index (χ2v) is 13.4. The molecule has 232 valence electrons. The van der Waals surface area contributed by atoms with E-state index < -0.39 is 35.1 Å². The highest BCUT2D eigenvalue weighted by atomic mass is 35.5. The highest BCUT2D eigenvalue weighted by Gasteiger charge is 2.60. The SMILES string of the molecule is COc1cc(C(=O)N(C)C)ccc1CC(=O)[C@@H]1N[C@@H](CC(C)(C)C)[C@](C#N)(c2ccc(Cl)cc2F)[C@H]1c1cccc(Cl)c1F. The third kappa shape index (κ3) is 6.32. The van der Waals surface area contributed by atoms with E-state index >= 15 is 8.78 Å². The summed E-state index contributed by atoms with van der Waals surface area (Å²) in [5.41, 5.74) is -1.17. The number of carbonyl (C=O) groups excluding carboxylic acids is 2. The normalized spacial score (nSPS) is 21.5. The van der Waals surface area contributed by atoms with Crippen LogP contribution in [0.3, 0.4) is 0 Å². The molecule has 44 heavy (non-hydrogen) atoms. The molecule has 0 radical (unpaired) electrons. The van der Waals surface area contributed by atoms with E-state index in [2.05, 4.69) is 11.4 Å². The summed E-state index contributed by atoms with van der Waals surface area (Å²) in [6.45, 7) is 5.92. The maximum atomic E-state index is 15.9. The predicted molar refractivity (Wildman–Crippen MR) is 167 cm³/mol. The van der Waals surface area contributed by atoms with E-state index in [-0.39, 0.29) is 44.7 Å². The van der Waals surface area contributed by atoms with E-state index in [0.29, 0.717) is 23.3 Å². The second kappa shape index (κ2) is 12.8. The minimum Gasteiger partial charge on any atom is -0.496 e. The van der Waals surface area contributed by atoms with Crippen LogP contribution in [-0.4, -0.2) is 49.9 Å². The van der Waals surface area contributed by atoms with E-state index in [0.717, 1.165) is 6.07 Å². The van der Waals surface area contributed by atoms with E-state index in [1.165, 1.54) is 36.3 Å². The van der Waals surface area contributed by atoms with Crippen LogP contribution in [0.2, 0.25) is 10.0 Å². The number of benzene rings is 3. The summed E-state index contributed by atoms with van der Waals surface area (Å²) >= 11 is 12.3. The van der Waals surface area contributed by atoms with Crippen LogP contribution in [0.1, 0.15) is 60.2 Å². The molecule has 0 aliphatic carbocycles. The molecule has 1 fully saturated rings. The number of nitriles is 1. The molecule has 3 aromatic rings. The summed E-state index contributed by atoms with van der Waals surface area (Å²) in [6.07, 6.45) is 0.193. The van der Waals surface area contributed by atoms with Crippen molar-refractivity contribution < 1.29 is 23.1 Å². The summed E-state index contributed by atoms with van der Waals surface area (Å²) in [7, 11) is 4.70. The Morgan fingerprint density at radius 2 is 1.80 bits per heavy atom. The lowest BCUT2D eigenvalue weighted by atomic mass is 9.62. The molecule has 0 saturated carbocycles. The molecule has 0 bridgehead atoms. The van der Waals surface area contributed by atoms with Gasteiger partial charge in [0.1, 0.15) is 22.8 Å². The lowest BCUT2D eigenvalue weighted by Crippen LogP contribution is -2.44. The molecular formula is C34H35Cl2F2N3O3. The first-order valence-corrected chi connectivity index (χ1v) is 14.9. The first-order chi connectivity index (χ1) is 20.6. The molecule has 0 aromatic heterocycles. The molecule has 0 spiro atoms. The molecule has 1 amide bonds. The molecule has 1 aliphatic rings. The Morgan fingerprint density at radius 3 is 2.39 bits per heavy atom. The van der Waals surface area contributed by atoms with Gasteiger partial charge < -0.3 is 15.0 Å². The summed E-state index contributed by atoms with van der Waals surface area (Å²) < 4.78 is 37.3. The molecule has 1 N–H and O–H groups in total. The lowest BCUT2D eigenvalue weighted by Gasteiger charge is -2.37. The van der Waals surface area contributed by atoms with E-state index in [1.54, 1.807) is 38.4 Å². The third-order valence-corrected chi connectivity index (χ3v) is 8.63. The van der Waals surface area contributed by atoms with Gasteiger partial charge in [-0.05, 0) is 47.7 Å². The molecule has 1 heterocycles. The van der Waals surface area contributed by atoms with Gasteiger partial charge in [0, 0.05) is 54.2 Å². The molecule has 3 aromatic carbocycles. The number of hydrogen-bond donors (Lipinski definition) is 1. The van der Waals surface area contributed by atoms with Crippen molar-refractivity contribution >= 4 is 34.9 Å². The van der Waals surface area contributed by atoms with Crippen molar-refractivity contribution in [3.05, 3.63) is 98.5 Å². The molecule has 10 heteroatoms. The number of halogens is 4. The molecule has 0 unspecified atom stereocenters. The second-order valence-electron chi connectivity index (χ2n) is 12.6. The van der Waals surface area contributed by atoms with Crippen LogP contribution in [0, 0.1) is 28.4 Å². The minimum absolute atomic E-state index is 0.00922. The van der Waals surface area contributed by atoms with Crippen molar-refractivity contribution in [2.24, 2.45) is 5.41 Å². The van der Waals surface area contributed by atoms with Gasteiger partial charge in [0.25, 0.3) is 5.91 Å². The predicted octanol–water partition coefficient (Wildman–Crippen LogP) is 7.12. The van der Waals surface area contributed by atoms with Crippen LogP contribution in [0.4, 0.5) is 8.78 Å². The zero-order valence-corrected chi connectivity index (χ0v) is 27.0. The van der Waals surface area contributed by atoms with Gasteiger partial charge in [0.15, 0.2) is 5.78 Å². The fraction of sp³-hybridized carbons (Fsp3) is 0.382. The summed E-state index contributed by atoms with van der Waals surface area (Å²) in [6, 6.07) is 13.7. The highest BCUT2D eigenvalue weighted by molar-refractivity contribution is 6.31. The van der Waals surface area contributed by atoms with Gasteiger partial charge in [-0.25, -0.2) is 8.78 Å². The lowest BCUT2D eigenvalue weighted by molar-refractivity contribution is -0.120. The van der Waals surface area contributed by atoms with Crippen molar-refractivity contribution in [2.75, 3.05) is 21.2 Å². The van der Waals surface area contributed by atoms with Gasteiger partial charge in [0.2, 0.25) is 0 Å². The first kappa shape index (κ1) is 33.4. The number of hydrogen-bond acceptors (Lipinski definition) is 5. The van der Waals surface area contributed by atoms with Gasteiger partial charge in [0.05, 0.1) is 24.2 Å². The van der Waals surface area contributed by atoms with Crippen molar-refractivity contribution in [1.82, 2.24) is 10.2 Å². The standard InChI is InChI=1S/C34H35Cl2F2N3O3/c1-33(2,3)17-28-34(18-39,23-13-12-21(35)16-25(23)37)29(22-8-7-9-24(36)30(22)38)31(40-28)26(42)14-19-10-11-20(15-27(19)44-6)32(43)41(4)5/h7-13,15-16,28-29,31,40H,14,17H2,1-6H3/t28-,29-,31-,34-/m0/s1. The number of nitrogens with zero attached hydrogens (tertiary/aromatic N) is 2. The number of nitrogens with one attached hydrogen (secondary N) is 1. The maximum Gasteiger partial charge on any atom is 0.253 e. The number of Topliss-reactive ketones (excluding diaryl/α,β-unsaturated/α-hetero) is 1. The highest BCUT2D eigenvalue weighted by Crippen LogP contribution is 2.53. The number of carbonyl (C=O) groups is 2. The smallest absolute Gasteiger partial charge is 0.253 e. The average molecular weight is 643 g/mol. The topological polar surface area (TPSA) is 82.4 Å². The number of rotatable bonds is 8. The monoisotopic (exact) mass is 641 g/mol. The van der Waals surface area contributed by atoms with Crippen LogP contribution >= 0.6 is 23.2 Å². The van der Waals surface area contributed by atoms with Crippen molar-refractivity contribution in [3.63, 3.8) is 0 Å². The quantitative estimate of drug-likeness (QED) is 0.283. The minimum atomic E-state index is -1.72. The molecular weight excluding hydrogens is 607 g/mol. The van der Waals surface area contributed by atoms with Crippen LogP contribution in [0.15, 0.2) is 54.6 Å². The molecule has 1 aliphatic heterocycles. The van der Waals surface area contributed by atoms with Crippen LogP contribution in [-0.2, 0) is 16.6 Å². The molecule has 6 nitrogen and oxygen atoms in total. The summed E-state index contributed by atoms with van der Waals surface area (Å²) in [5, 5.41) is 14.3. The van der Waals surface area contributed by atoms with Crippen molar-refractivity contribution in [3.8, 4) is 11.8 Å². The Bertz CT molecular complexity index is 1630. The van der Waals surface area contributed by atoms with Crippen LogP contribution in [0.5, 0.6) is 5.75 Å². The third-order valence-electron chi connectivity index (χ3n) is 8.10. The van der Waals surface area contributed by atoms with Crippen molar-refractivity contribution in [2.45, 2.75) is 57.0 Å². The van der Waals surface area contributed by atoms with Gasteiger partial charge in [-0.15, -0.1) is 0 Å². The summed E-state index contributed by atoms with van der Waals surface area (Å²) in [5.74, 6) is -2.96. The number of ether oxygens (including phenoxy) is 1. The molecule has 4 rings (SSSR count). The number of amides is 1. The summed E-state index contributed by atoms with van der Waals surface area (Å²) in [4.78, 5) is 28.3. The Labute approximate surface area is 266 Å². The maximum absolute atomic E-state index is 15.9. The zero-order chi connectivity index (χ0) is 32.6. The fourth-order valence-corrected chi connectivity index (χ4v) is 6.53. The van der Waals surface area contributed by atoms with E-state index in [4.69, 9.17) is 27.9 Å². The number of ketones is 1. The Hall–Kier alpha value is -3.51. The van der Waals surface area contributed by atoms with Gasteiger partial charge in [-0.1, -0.05) is 68.2 Å². The van der Waals surface area contributed by atoms with Gasteiger partial charge >= 0.3 is 0 Å². The average Bonchev–Trinajstić information content (AvgIpc) is 3.27. The molecule has 1 saturated heterocycles. The number of methoxy groups -OCH3 is 1. The molecule has 4 atom stereocenters. The van der Waals surface area contributed by atoms with Gasteiger partial charge in [-0.3, -0.25) is 9.59 Å². The van der Waals surface area contributed by atoms with Crippen LogP contribution in [0.25, 0.3) is 0 Å². The van der Waals surface area contributed by atoms with Crippen LogP contribution < -0.4 is 10.1 Å². The van der Waals surface area contributed by atoms with Crippen molar-refractivity contribution in [1.29, 1.82) is 5.26 Å². The Morgan fingerprint density at radius 1 is 1.09 bits per heavy atom. The van der Waals surface area contributed by atoms with E-state index in [1.807, 2.05) is 20.8 Å².